The van der Waals surface area contributed by atoms with Crippen molar-refractivity contribution in [3.63, 3.8) is 0 Å². The van der Waals surface area contributed by atoms with E-state index in [0.29, 0.717) is 6.42 Å². The molecular formula is C26H32N2O5. The molecule has 0 spiro atoms. The van der Waals surface area contributed by atoms with Crippen LogP contribution in [-0.4, -0.2) is 54.2 Å². The predicted octanol–water partition coefficient (Wildman–Crippen LogP) is 4.26. The summed E-state index contributed by atoms with van der Waals surface area (Å²) in [5.74, 6) is -1.32. The summed E-state index contributed by atoms with van der Waals surface area (Å²) in [6.07, 6.45) is -0.102. The van der Waals surface area contributed by atoms with E-state index in [0.717, 1.165) is 22.3 Å². The minimum Gasteiger partial charge on any atom is -0.480 e. The van der Waals surface area contributed by atoms with Crippen LogP contribution in [0.3, 0.4) is 0 Å². The zero-order chi connectivity index (χ0) is 24.2. The first-order chi connectivity index (χ1) is 15.6. The Morgan fingerprint density at radius 1 is 1.06 bits per heavy atom. The number of carbonyl (C=O) groups excluding carboxylic acids is 2. The van der Waals surface area contributed by atoms with E-state index in [-0.39, 0.29) is 31.4 Å². The van der Waals surface area contributed by atoms with Crippen molar-refractivity contribution in [2.75, 3.05) is 20.2 Å². The van der Waals surface area contributed by atoms with Gasteiger partial charge in [-0.1, -0.05) is 69.3 Å². The maximum absolute atomic E-state index is 12.6. The number of nitrogens with one attached hydrogen (secondary N) is 1. The molecule has 2 aromatic carbocycles. The van der Waals surface area contributed by atoms with Gasteiger partial charge in [0.25, 0.3) is 0 Å². The van der Waals surface area contributed by atoms with Crippen LogP contribution >= 0.6 is 0 Å². The highest BCUT2D eigenvalue weighted by Crippen LogP contribution is 2.44. The second-order valence-electron chi connectivity index (χ2n) is 9.29. The lowest BCUT2D eigenvalue weighted by Gasteiger charge is -2.29. The maximum atomic E-state index is 12.6. The van der Waals surface area contributed by atoms with Gasteiger partial charge >= 0.3 is 12.1 Å². The normalized spacial score (nSPS) is 13.6. The van der Waals surface area contributed by atoms with E-state index >= 15 is 0 Å². The van der Waals surface area contributed by atoms with Crippen molar-refractivity contribution in [2.24, 2.45) is 5.41 Å². The Morgan fingerprint density at radius 3 is 2.12 bits per heavy atom. The van der Waals surface area contributed by atoms with Gasteiger partial charge in [-0.25, -0.2) is 9.59 Å². The lowest BCUT2D eigenvalue weighted by Crippen LogP contribution is -2.45. The van der Waals surface area contributed by atoms with Gasteiger partial charge in [-0.05, 0) is 34.1 Å². The minimum atomic E-state index is -1.03. The Labute approximate surface area is 194 Å². The molecule has 3 rings (SSSR count). The molecule has 0 bridgehead atoms. The Bertz CT molecular complexity index is 987. The number of alkyl carbamates (subject to hydrolysis) is 1. The van der Waals surface area contributed by atoms with Gasteiger partial charge in [0.05, 0.1) is 0 Å². The molecule has 2 N–H and O–H groups in total. The van der Waals surface area contributed by atoms with Gasteiger partial charge in [-0.2, -0.15) is 0 Å². The average molecular weight is 453 g/mol. The van der Waals surface area contributed by atoms with Gasteiger partial charge in [-0.15, -0.1) is 0 Å². The first-order valence-corrected chi connectivity index (χ1v) is 11.2. The van der Waals surface area contributed by atoms with Gasteiger partial charge in [0, 0.05) is 25.9 Å². The molecule has 176 valence electrons. The molecule has 2 aromatic rings. The van der Waals surface area contributed by atoms with Gasteiger partial charge in [0.15, 0.2) is 0 Å². The number of fused-ring (bicyclic) bond motifs is 3. The number of amides is 2. The zero-order valence-electron chi connectivity index (χ0n) is 19.6. The lowest BCUT2D eigenvalue weighted by molar-refractivity contribution is -0.149. The Morgan fingerprint density at radius 2 is 1.61 bits per heavy atom. The molecule has 0 saturated heterocycles. The zero-order valence-corrected chi connectivity index (χ0v) is 19.6. The molecule has 7 nitrogen and oxygen atoms in total. The van der Waals surface area contributed by atoms with Crippen molar-refractivity contribution in [1.29, 1.82) is 0 Å². The highest BCUT2D eigenvalue weighted by Gasteiger charge is 2.31. The number of benzene rings is 2. The Kier molecular flexibility index (Phi) is 7.41. The summed E-state index contributed by atoms with van der Waals surface area (Å²) >= 11 is 0. The van der Waals surface area contributed by atoms with Crippen molar-refractivity contribution in [3.05, 3.63) is 59.7 Å². The summed E-state index contributed by atoms with van der Waals surface area (Å²) in [5, 5.41) is 12.0. The third-order valence-corrected chi connectivity index (χ3v) is 6.22. The van der Waals surface area contributed by atoms with Crippen LogP contribution in [0.1, 0.15) is 50.7 Å². The molecule has 1 unspecified atom stereocenters. The van der Waals surface area contributed by atoms with Gasteiger partial charge < -0.3 is 20.1 Å². The Hall–Kier alpha value is -3.35. The lowest BCUT2D eigenvalue weighted by atomic mass is 9.88. The molecule has 0 aliphatic heterocycles. The standard InChI is InChI=1S/C26H32N2O5/c1-5-22(24(30)31)28(4)23(29)14-26(2,3)16-27-25(32)33-15-21-19-12-8-6-10-17(19)18-11-7-9-13-20(18)21/h6-13,21-22H,5,14-16H2,1-4H3,(H,27,32)(H,30,31). The largest absolute Gasteiger partial charge is 0.480 e. The van der Waals surface area contributed by atoms with Crippen LogP contribution in [0.15, 0.2) is 48.5 Å². The van der Waals surface area contributed by atoms with Crippen LogP contribution in [0, 0.1) is 5.41 Å². The van der Waals surface area contributed by atoms with Gasteiger partial charge in [-0.3, -0.25) is 4.79 Å². The van der Waals surface area contributed by atoms with Crippen molar-refractivity contribution in [1.82, 2.24) is 10.2 Å². The SMILES string of the molecule is CCC(C(=O)O)N(C)C(=O)CC(C)(C)CNC(=O)OCC1c2ccccc2-c2ccccc21. The fraction of sp³-hybridized carbons (Fsp3) is 0.423. The predicted molar refractivity (Wildman–Crippen MR) is 126 cm³/mol. The number of ether oxygens (including phenoxy) is 1. The highest BCUT2D eigenvalue weighted by molar-refractivity contribution is 5.84. The summed E-state index contributed by atoms with van der Waals surface area (Å²) in [7, 11) is 1.50. The molecule has 2 amide bonds. The number of carbonyl (C=O) groups is 3. The van der Waals surface area contributed by atoms with Gasteiger partial charge in [0.2, 0.25) is 5.91 Å². The van der Waals surface area contributed by atoms with Crippen LogP contribution in [-0.2, 0) is 14.3 Å². The summed E-state index contributed by atoms with van der Waals surface area (Å²) in [4.78, 5) is 37.6. The first kappa shape index (κ1) is 24.3. The van der Waals surface area contributed by atoms with Crippen molar-refractivity contribution in [3.8, 4) is 11.1 Å². The van der Waals surface area contributed by atoms with Crippen molar-refractivity contribution >= 4 is 18.0 Å². The molecule has 1 aliphatic carbocycles. The summed E-state index contributed by atoms with van der Waals surface area (Å²) in [6, 6.07) is 15.4. The van der Waals surface area contributed by atoms with E-state index in [1.54, 1.807) is 6.92 Å². The number of aliphatic carboxylic acids is 1. The molecule has 1 aliphatic rings. The monoisotopic (exact) mass is 452 g/mol. The second kappa shape index (κ2) is 10.1. The molecule has 1 atom stereocenters. The molecule has 0 heterocycles. The molecule has 33 heavy (non-hydrogen) atoms. The summed E-state index contributed by atoms with van der Waals surface area (Å²) < 4.78 is 5.55. The van der Waals surface area contributed by atoms with Crippen LogP contribution in [0.4, 0.5) is 4.79 Å². The van der Waals surface area contributed by atoms with E-state index in [9.17, 15) is 19.5 Å². The van der Waals surface area contributed by atoms with E-state index in [2.05, 4.69) is 29.6 Å². The summed E-state index contributed by atoms with van der Waals surface area (Å²) in [6.45, 7) is 5.88. The van der Waals surface area contributed by atoms with E-state index in [4.69, 9.17) is 4.74 Å². The minimum absolute atomic E-state index is 0.0200. The second-order valence-corrected chi connectivity index (χ2v) is 9.29. The molecular weight excluding hydrogens is 420 g/mol. The van der Waals surface area contributed by atoms with E-state index in [1.165, 1.54) is 11.9 Å². The molecule has 0 radical (unpaired) electrons. The highest BCUT2D eigenvalue weighted by atomic mass is 16.5. The van der Waals surface area contributed by atoms with Crippen LogP contribution in [0.5, 0.6) is 0 Å². The molecule has 0 fully saturated rings. The maximum Gasteiger partial charge on any atom is 0.407 e. The Balaban J connectivity index is 1.54. The molecule has 7 heteroatoms. The summed E-state index contributed by atoms with van der Waals surface area (Å²) in [5.41, 5.74) is 4.05. The van der Waals surface area contributed by atoms with Crippen LogP contribution in [0.25, 0.3) is 11.1 Å². The molecule has 0 saturated carbocycles. The number of nitrogens with zero attached hydrogens (tertiary/aromatic N) is 1. The van der Waals surface area contributed by atoms with Crippen LogP contribution < -0.4 is 5.32 Å². The smallest absolute Gasteiger partial charge is 0.407 e. The number of carboxylic acid groups (broad SMARTS) is 1. The number of hydrogen-bond donors (Lipinski definition) is 2. The van der Waals surface area contributed by atoms with E-state index in [1.807, 2.05) is 38.1 Å². The molecule has 0 aromatic heterocycles. The number of rotatable bonds is 9. The van der Waals surface area contributed by atoms with E-state index < -0.39 is 23.5 Å². The van der Waals surface area contributed by atoms with Crippen molar-refractivity contribution < 1.29 is 24.2 Å². The number of hydrogen-bond acceptors (Lipinski definition) is 4. The first-order valence-electron chi connectivity index (χ1n) is 11.2. The fourth-order valence-corrected chi connectivity index (χ4v) is 4.35. The topological polar surface area (TPSA) is 95.9 Å². The average Bonchev–Trinajstić information content (AvgIpc) is 3.10. The number of carboxylic acids is 1. The quantitative estimate of drug-likeness (QED) is 0.593. The van der Waals surface area contributed by atoms with Gasteiger partial charge in [0.1, 0.15) is 12.6 Å². The van der Waals surface area contributed by atoms with Crippen molar-refractivity contribution in [2.45, 2.75) is 45.6 Å². The number of likely N-dealkylation sites (N-methyl/N-ethyl adjacent to an activating group) is 1. The third kappa shape index (κ3) is 5.53. The fourth-order valence-electron chi connectivity index (χ4n) is 4.35. The van der Waals surface area contributed by atoms with Crippen LogP contribution in [0.2, 0.25) is 0 Å². The third-order valence-electron chi connectivity index (χ3n) is 6.22.